The van der Waals surface area contributed by atoms with E-state index in [-0.39, 0.29) is 18.6 Å². The molecule has 1 aliphatic heterocycles. The van der Waals surface area contributed by atoms with Gasteiger partial charge in [0.15, 0.2) is 11.9 Å². The molecular formula is C15H16N2O6. The molecule has 0 spiro atoms. The molecule has 23 heavy (non-hydrogen) atoms. The van der Waals surface area contributed by atoms with Crippen molar-refractivity contribution in [1.29, 1.82) is 0 Å². The molecule has 2 atom stereocenters. The predicted molar refractivity (Wildman–Crippen MR) is 77.2 cm³/mol. The van der Waals surface area contributed by atoms with Gasteiger partial charge < -0.3 is 9.84 Å². The molecule has 0 saturated carbocycles. The molecule has 1 aromatic carbocycles. The Balaban J connectivity index is 2.21. The summed E-state index contributed by atoms with van der Waals surface area (Å²) >= 11 is 0. The predicted octanol–water partition coefficient (Wildman–Crippen LogP) is -0.00890. The average molecular weight is 320 g/mol. The maximum atomic E-state index is 12.4. The summed E-state index contributed by atoms with van der Waals surface area (Å²) in [6.07, 6.45) is -1.21. The quantitative estimate of drug-likeness (QED) is 0.596. The lowest BCUT2D eigenvalue weighted by molar-refractivity contribution is -0.146. The number of carboxylic acid groups (broad SMARTS) is 1. The molecule has 0 radical (unpaired) electrons. The molecule has 1 fully saturated rings. The van der Waals surface area contributed by atoms with Crippen molar-refractivity contribution in [3.8, 4) is 0 Å². The van der Waals surface area contributed by atoms with Crippen molar-refractivity contribution in [2.24, 2.45) is 0 Å². The van der Waals surface area contributed by atoms with Crippen molar-refractivity contribution in [2.45, 2.75) is 25.5 Å². The first-order valence-corrected chi connectivity index (χ1v) is 6.98. The van der Waals surface area contributed by atoms with Crippen LogP contribution in [0.2, 0.25) is 0 Å². The second kappa shape index (κ2) is 7.01. The maximum Gasteiger partial charge on any atom is 0.328 e. The van der Waals surface area contributed by atoms with Gasteiger partial charge >= 0.3 is 5.97 Å². The molecule has 0 aliphatic carbocycles. The minimum atomic E-state index is -1.32. The zero-order chi connectivity index (χ0) is 17.0. The number of carboxylic acids is 1. The summed E-state index contributed by atoms with van der Waals surface area (Å²) in [7, 11) is 0. The average Bonchev–Trinajstić information content (AvgIpc) is 2.98. The molecule has 1 aromatic rings. The normalized spacial score (nSPS) is 18.3. The summed E-state index contributed by atoms with van der Waals surface area (Å²) in [5.74, 6) is -3.25. The first kappa shape index (κ1) is 16.6. The minimum absolute atomic E-state index is 0.110. The van der Waals surface area contributed by atoms with Gasteiger partial charge in [-0.1, -0.05) is 18.2 Å². The Morgan fingerprint density at radius 1 is 1.30 bits per heavy atom. The van der Waals surface area contributed by atoms with Crippen LogP contribution >= 0.6 is 0 Å². The number of rotatable bonds is 4. The summed E-state index contributed by atoms with van der Waals surface area (Å²) in [5, 5.41) is 9.82. The van der Waals surface area contributed by atoms with Gasteiger partial charge in [0.05, 0.1) is 6.61 Å². The largest absolute Gasteiger partial charge is 0.480 e. The van der Waals surface area contributed by atoms with E-state index < -0.39 is 35.7 Å². The van der Waals surface area contributed by atoms with Gasteiger partial charge in [0.25, 0.3) is 11.8 Å². The highest BCUT2D eigenvalue weighted by Gasteiger charge is 2.36. The molecule has 2 rings (SSSR count). The number of nitrogens with one attached hydrogen (secondary N) is 1. The third-order valence-electron chi connectivity index (χ3n) is 3.38. The van der Waals surface area contributed by atoms with Crippen LogP contribution in [0.4, 0.5) is 0 Å². The van der Waals surface area contributed by atoms with Gasteiger partial charge in [-0.15, -0.1) is 0 Å². The third kappa shape index (κ3) is 3.72. The van der Waals surface area contributed by atoms with Crippen LogP contribution < -0.4 is 5.43 Å². The zero-order valence-corrected chi connectivity index (χ0v) is 12.4. The fourth-order valence-corrected chi connectivity index (χ4v) is 2.05. The summed E-state index contributed by atoms with van der Waals surface area (Å²) in [4.78, 5) is 47.3. The van der Waals surface area contributed by atoms with Crippen LogP contribution in [0.3, 0.4) is 0 Å². The number of carbonyl (C=O) groups is 4. The lowest BCUT2D eigenvalue weighted by Crippen LogP contribution is -2.56. The Labute approximate surface area is 132 Å². The van der Waals surface area contributed by atoms with Crippen molar-refractivity contribution < 1.29 is 29.0 Å². The Morgan fingerprint density at radius 2 is 1.96 bits per heavy atom. The maximum absolute atomic E-state index is 12.4. The van der Waals surface area contributed by atoms with Crippen molar-refractivity contribution >= 4 is 23.6 Å². The van der Waals surface area contributed by atoms with Crippen molar-refractivity contribution in [2.75, 3.05) is 6.61 Å². The van der Waals surface area contributed by atoms with E-state index in [1.807, 2.05) is 0 Å². The summed E-state index contributed by atoms with van der Waals surface area (Å²) in [5.41, 5.74) is 2.39. The molecular weight excluding hydrogens is 304 g/mol. The lowest BCUT2D eigenvalue weighted by atomic mass is 10.2. The first-order chi connectivity index (χ1) is 10.9. The van der Waals surface area contributed by atoms with E-state index in [2.05, 4.69) is 5.43 Å². The number of benzene rings is 1. The molecule has 1 aliphatic rings. The third-order valence-corrected chi connectivity index (χ3v) is 3.38. The van der Waals surface area contributed by atoms with E-state index in [4.69, 9.17) is 9.84 Å². The van der Waals surface area contributed by atoms with Gasteiger partial charge in [-0.3, -0.25) is 19.8 Å². The van der Waals surface area contributed by atoms with Gasteiger partial charge in [0, 0.05) is 12.0 Å². The van der Waals surface area contributed by atoms with Gasteiger partial charge in [-0.05, 0) is 19.1 Å². The number of carbonyl (C=O) groups excluding carboxylic acids is 3. The molecule has 2 amide bonds. The monoisotopic (exact) mass is 320 g/mol. The zero-order valence-electron chi connectivity index (χ0n) is 12.4. The fraction of sp³-hybridized carbons (Fsp3) is 0.333. The standard InChI is InChI=1S/C15H16N2O6/c1-9(15(21)22)17(14(20)10-5-3-2-4-6-10)16-13(19)12-11(18)7-8-23-12/h2-6,9,12H,7-8H2,1H3,(H,16,19)(H,21,22)/t9-,12?/m0/s1. The summed E-state index contributed by atoms with van der Waals surface area (Å²) in [6.45, 7) is 1.37. The number of ketones is 1. The second-order valence-corrected chi connectivity index (χ2v) is 5.00. The van der Waals surface area contributed by atoms with E-state index in [9.17, 15) is 19.2 Å². The number of hydrazine groups is 1. The van der Waals surface area contributed by atoms with Crippen molar-refractivity contribution in [1.82, 2.24) is 10.4 Å². The molecule has 1 heterocycles. The fourth-order valence-electron chi connectivity index (χ4n) is 2.05. The van der Waals surface area contributed by atoms with Crippen LogP contribution in [0.25, 0.3) is 0 Å². The molecule has 1 saturated heterocycles. The highest BCUT2D eigenvalue weighted by Crippen LogP contribution is 2.11. The van der Waals surface area contributed by atoms with Crippen LogP contribution in [-0.2, 0) is 19.1 Å². The second-order valence-electron chi connectivity index (χ2n) is 5.00. The lowest BCUT2D eigenvalue weighted by Gasteiger charge is -2.27. The number of ether oxygens (including phenoxy) is 1. The van der Waals surface area contributed by atoms with Crippen molar-refractivity contribution in [3.63, 3.8) is 0 Å². The van der Waals surface area contributed by atoms with Gasteiger partial charge in [0.1, 0.15) is 6.04 Å². The van der Waals surface area contributed by atoms with Crippen LogP contribution in [0, 0.1) is 0 Å². The Morgan fingerprint density at radius 3 is 2.48 bits per heavy atom. The van der Waals surface area contributed by atoms with E-state index in [0.29, 0.717) is 5.01 Å². The number of amides is 2. The van der Waals surface area contributed by atoms with E-state index in [0.717, 1.165) is 0 Å². The number of aliphatic carboxylic acids is 1. The van der Waals surface area contributed by atoms with Crippen LogP contribution in [0.1, 0.15) is 23.7 Å². The summed E-state index contributed by atoms with van der Waals surface area (Å²) < 4.78 is 5.01. The van der Waals surface area contributed by atoms with E-state index >= 15 is 0 Å². The van der Waals surface area contributed by atoms with Crippen LogP contribution in [0.15, 0.2) is 30.3 Å². The smallest absolute Gasteiger partial charge is 0.328 e. The van der Waals surface area contributed by atoms with Crippen LogP contribution in [-0.4, -0.2) is 52.4 Å². The molecule has 0 bridgehead atoms. The highest BCUT2D eigenvalue weighted by atomic mass is 16.5. The van der Waals surface area contributed by atoms with Crippen molar-refractivity contribution in [3.05, 3.63) is 35.9 Å². The minimum Gasteiger partial charge on any atom is -0.480 e. The Bertz CT molecular complexity index is 630. The molecule has 8 heteroatoms. The number of hydrogen-bond acceptors (Lipinski definition) is 5. The van der Waals surface area contributed by atoms with Gasteiger partial charge in [-0.25, -0.2) is 9.80 Å². The number of nitrogens with zero attached hydrogens (tertiary/aromatic N) is 1. The SMILES string of the molecule is C[C@@H](C(=O)O)N(NC(=O)C1OCCC1=O)C(=O)c1ccccc1. The van der Waals surface area contributed by atoms with E-state index in [1.54, 1.807) is 18.2 Å². The highest BCUT2D eigenvalue weighted by molar-refractivity contribution is 6.06. The first-order valence-electron chi connectivity index (χ1n) is 6.98. The Hall–Kier alpha value is -2.74. The molecule has 122 valence electrons. The molecule has 0 aromatic heterocycles. The Kier molecular flexibility index (Phi) is 5.07. The van der Waals surface area contributed by atoms with Crippen LogP contribution in [0.5, 0.6) is 0 Å². The number of Topliss-reactive ketones (excluding diaryl/α,β-unsaturated/α-hetero) is 1. The van der Waals surface area contributed by atoms with E-state index in [1.165, 1.54) is 19.1 Å². The molecule has 1 unspecified atom stereocenters. The summed E-state index contributed by atoms with van der Waals surface area (Å²) in [6, 6.07) is 6.60. The topological polar surface area (TPSA) is 113 Å². The van der Waals surface area contributed by atoms with Gasteiger partial charge in [-0.2, -0.15) is 0 Å². The number of hydrogen-bond donors (Lipinski definition) is 2. The molecule has 2 N–H and O–H groups in total. The van der Waals surface area contributed by atoms with Gasteiger partial charge in [0.2, 0.25) is 0 Å². The molecule has 8 nitrogen and oxygen atoms in total.